The van der Waals surface area contributed by atoms with Crippen LogP contribution in [0.5, 0.6) is 0 Å². The van der Waals surface area contributed by atoms with E-state index in [-0.39, 0.29) is 8.80 Å². The molecule has 0 unspecified atom stereocenters. The number of unbranched alkanes of at least 4 members (excludes halogenated alkanes) is 7. The van der Waals surface area contributed by atoms with Crippen LogP contribution in [0.15, 0.2) is 12.7 Å². The minimum Gasteiger partial charge on any atom is -0.103 e. The Balaban J connectivity index is 2.88. The summed E-state index contributed by atoms with van der Waals surface area (Å²) in [7, 11) is -0.256. The molecule has 0 radical (unpaired) electrons. The number of rotatable bonds is 10. The summed E-state index contributed by atoms with van der Waals surface area (Å²) in [5.74, 6) is 0. The van der Waals surface area contributed by atoms with E-state index in [9.17, 15) is 0 Å². The fourth-order valence-electron chi connectivity index (χ4n) is 1.73. The third-order valence-electron chi connectivity index (χ3n) is 2.69. The summed E-state index contributed by atoms with van der Waals surface area (Å²) in [6.45, 7) is 8.65. The quantitative estimate of drug-likeness (QED) is 0.278. The fourth-order valence-corrected chi connectivity index (χ4v) is 2.83. The molecule has 0 aromatic carbocycles. The molecule has 0 rings (SSSR count). The summed E-state index contributed by atoms with van der Waals surface area (Å²) in [5.41, 5.74) is 0. The lowest BCUT2D eigenvalue weighted by Crippen LogP contribution is -1.97. The van der Waals surface area contributed by atoms with Gasteiger partial charge in [0.25, 0.3) is 0 Å². The first-order valence-corrected chi connectivity index (χ1v) is 9.51. The fraction of sp³-hybridized carbons (Fsp3) is 0.846. The molecule has 0 heterocycles. The third kappa shape index (κ3) is 12.0. The van der Waals surface area contributed by atoms with Gasteiger partial charge in [-0.15, -0.1) is 6.58 Å². The van der Waals surface area contributed by atoms with E-state index in [0.29, 0.717) is 0 Å². The molecule has 84 valence electrons. The van der Waals surface area contributed by atoms with Crippen molar-refractivity contribution in [2.45, 2.75) is 70.5 Å². The SMILES string of the molecule is C=CCCCCCCCCC[SiH](C)C. The van der Waals surface area contributed by atoms with Crippen LogP contribution in [0, 0.1) is 0 Å². The summed E-state index contributed by atoms with van der Waals surface area (Å²) >= 11 is 0. The second kappa shape index (κ2) is 11.0. The maximum atomic E-state index is 3.74. The van der Waals surface area contributed by atoms with E-state index >= 15 is 0 Å². The second-order valence-electron chi connectivity index (χ2n) is 4.73. The summed E-state index contributed by atoms with van der Waals surface area (Å²) in [6, 6.07) is 1.55. The van der Waals surface area contributed by atoms with Gasteiger partial charge in [-0.05, 0) is 12.8 Å². The first kappa shape index (κ1) is 14.0. The zero-order valence-corrected chi connectivity index (χ0v) is 11.4. The van der Waals surface area contributed by atoms with Crippen molar-refractivity contribution in [2.24, 2.45) is 0 Å². The van der Waals surface area contributed by atoms with E-state index in [4.69, 9.17) is 0 Å². The maximum Gasteiger partial charge on any atom is 0.0305 e. The van der Waals surface area contributed by atoms with Crippen molar-refractivity contribution in [1.82, 2.24) is 0 Å². The predicted octanol–water partition coefficient (Wildman–Crippen LogP) is 4.78. The Kier molecular flexibility index (Phi) is 11.0. The summed E-state index contributed by atoms with van der Waals surface area (Å²) in [4.78, 5) is 0. The standard InChI is InChI=1S/C13H28Si/c1-4-5-6-7-8-9-10-11-12-13-14(2)3/h4,14H,1,5-13H2,2-3H3. The van der Waals surface area contributed by atoms with Crippen LogP contribution in [0.25, 0.3) is 0 Å². The molecule has 0 aromatic rings. The Morgan fingerprint density at radius 1 is 0.857 bits per heavy atom. The number of hydrogen-bond acceptors (Lipinski definition) is 0. The molecule has 0 nitrogen and oxygen atoms in total. The lowest BCUT2D eigenvalue weighted by atomic mass is 10.1. The lowest BCUT2D eigenvalue weighted by molar-refractivity contribution is 0.591. The first-order valence-electron chi connectivity index (χ1n) is 6.38. The van der Waals surface area contributed by atoms with Gasteiger partial charge >= 0.3 is 0 Å². The van der Waals surface area contributed by atoms with Gasteiger partial charge in [0.1, 0.15) is 0 Å². The van der Waals surface area contributed by atoms with Gasteiger partial charge < -0.3 is 0 Å². The van der Waals surface area contributed by atoms with Crippen LogP contribution in [0.2, 0.25) is 19.1 Å². The van der Waals surface area contributed by atoms with Gasteiger partial charge in [-0.25, -0.2) is 0 Å². The molecule has 0 aliphatic rings. The first-order chi connectivity index (χ1) is 6.77. The third-order valence-corrected chi connectivity index (χ3v) is 4.25. The van der Waals surface area contributed by atoms with Crippen LogP contribution >= 0.6 is 0 Å². The molecule has 0 aromatic heterocycles. The minimum atomic E-state index is -0.256. The van der Waals surface area contributed by atoms with E-state index in [2.05, 4.69) is 19.7 Å². The van der Waals surface area contributed by atoms with Crippen LogP contribution in [0.1, 0.15) is 51.4 Å². The maximum absolute atomic E-state index is 3.74. The Hall–Kier alpha value is -0.0431. The molecule has 0 aliphatic heterocycles. The van der Waals surface area contributed by atoms with Gasteiger partial charge in [-0.1, -0.05) is 63.7 Å². The highest BCUT2D eigenvalue weighted by molar-refractivity contribution is 6.55. The predicted molar refractivity (Wildman–Crippen MR) is 70.8 cm³/mol. The lowest BCUT2D eigenvalue weighted by Gasteiger charge is -2.03. The topological polar surface area (TPSA) is 0 Å². The van der Waals surface area contributed by atoms with E-state index in [0.717, 1.165) is 0 Å². The van der Waals surface area contributed by atoms with Crippen LogP contribution in [0.3, 0.4) is 0 Å². The molecule has 0 saturated heterocycles. The number of allylic oxidation sites excluding steroid dienone is 1. The summed E-state index contributed by atoms with van der Waals surface area (Å²) < 4.78 is 0. The van der Waals surface area contributed by atoms with E-state index in [1.807, 2.05) is 6.08 Å². The van der Waals surface area contributed by atoms with Crippen molar-refractivity contribution < 1.29 is 0 Å². The van der Waals surface area contributed by atoms with Crippen molar-refractivity contribution in [3.63, 3.8) is 0 Å². The van der Waals surface area contributed by atoms with Crippen LogP contribution in [-0.2, 0) is 0 Å². The smallest absolute Gasteiger partial charge is 0.0305 e. The van der Waals surface area contributed by atoms with Gasteiger partial charge in [0.2, 0.25) is 0 Å². The van der Waals surface area contributed by atoms with Crippen molar-refractivity contribution in [3.05, 3.63) is 12.7 Å². The number of hydrogen-bond donors (Lipinski definition) is 0. The molecular formula is C13H28Si. The molecule has 0 fully saturated rings. The highest BCUT2D eigenvalue weighted by atomic mass is 28.3. The molecule has 14 heavy (non-hydrogen) atoms. The van der Waals surface area contributed by atoms with Gasteiger partial charge in [-0.2, -0.15) is 0 Å². The van der Waals surface area contributed by atoms with Gasteiger partial charge in [0.15, 0.2) is 0 Å². The molecule has 1 heteroatoms. The Morgan fingerprint density at radius 3 is 1.86 bits per heavy atom. The van der Waals surface area contributed by atoms with Crippen molar-refractivity contribution in [2.75, 3.05) is 0 Å². The van der Waals surface area contributed by atoms with E-state index < -0.39 is 0 Å². The Morgan fingerprint density at radius 2 is 1.36 bits per heavy atom. The molecule has 0 atom stereocenters. The monoisotopic (exact) mass is 212 g/mol. The van der Waals surface area contributed by atoms with E-state index in [1.165, 1.54) is 51.4 Å². The van der Waals surface area contributed by atoms with Crippen molar-refractivity contribution >= 4 is 8.80 Å². The minimum absolute atomic E-state index is 0.256. The summed E-state index contributed by atoms with van der Waals surface area (Å²) in [5, 5.41) is 0. The van der Waals surface area contributed by atoms with Crippen LogP contribution in [0.4, 0.5) is 0 Å². The molecule has 0 aliphatic carbocycles. The zero-order chi connectivity index (χ0) is 10.6. The van der Waals surface area contributed by atoms with Crippen molar-refractivity contribution in [1.29, 1.82) is 0 Å². The summed E-state index contributed by atoms with van der Waals surface area (Å²) in [6.07, 6.45) is 13.3. The highest BCUT2D eigenvalue weighted by Crippen LogP contribution is 2.10. The molecule has 0 spiro atoms. The normalized spacial score (nSPS) is 10.8. The molecule has 0 saturated carbocycles. The Labute approximate surface area is 92.4 Å². The van der Waals surface area contributed by atoms with Gasteiger partial charge in [0.05, 0.1) is 0 Å². The second-order valence-corrected chi connectivity index (χ2v) is 8.10. The van der Waals surface area contributed by atoms with E-state index in [1.54, 1.807) is 6.04 Å². The molecule has 0 N–H and O–H groups in total. The highest BCUT2D eigenvalue weighted by Gasteiger charge is 1.95. The van der Waals surface area contributed by atoms with Gasteiger partial charge in [0, 0.05) is 8.80 Å². The molecular weight excluding hydrogens is 184 g/mol. The zero-order valence-electron chi connectivity index (χ0n) is 10.2. The van der Waals surface area contributed by atoms with Crippen molar-refractivity contribution in [3.8, 4) is 0 Å². The molecule has 0 amide bonds. The van der Waals surface area contributed by atoms with Crippen LogP contribution < -0.4 is 0 Å². The largest absolute Gasteiger partial charge is 0.103 e. The Bertz CT molecular complexity index is 118. The molecule has 0 bridgehead atoms. The average Bonchev–Trinajstić information content (AvgIpc) is 2.15. The van der Waals surface area contributed by atoms with Gasteiger partial charge in [-0.3, -0.25) is 0 Å². The average molecular weight is 212 g/mol. The van der Waals surface area contributed by atoms with Crippen LogP contribution in [-0.4, -0.2) is 8.80 Å².